The van der Waals surface area contributed by atoms with E-state index in [0.717, 1.165) is 37.7 Å². The van der Waals surface area contributed by atoms with Crippen molar-refractivity contribution >= 4 is 23.3 Å². The molecule has 0 bridgehead atoms. The van der Waals surface area contributed by atoms with Crippen LogP contribution in [0.5, 0.6) is 0 Å². The number of hydrogen-bond acceptors (Lipinski definition) is 4. The first-order valence-electron chi connectivity index (χ1n) is 8.53. The summed E-state index contributed by atoms with van der Waals surface area (Å²) in [6.45, 7) is 0. The van der Waals surface area contributed by atoms with E-state index in [-0.39, 0.29) is 11.7 Å². The van der Waals surface area contributed by atoms with E-state index in [0.29, 0.717) is 16.7 Å². The fraction of sp³-hybridized carbons (Fsp3) is 0.444. The van der Waals surface area contributed by atoms with Crippen LogP contribution in [0.3, 0.4) is 0 Å². The topological polar surface area (TPSA) is 76.9 Å². The van der Waals surface area contributed by atoms with Gasteiger partial charge < -0.3 is 5.32 Å². The number of nitrogens with zero attached hydrogens (tertiary/aromatic N) is 3. The van der Waals surface area contributed by atoms with Crippen LogP contribution in [0.2, 0.25) is 5.02 Å². The predicted octanol–water partition coefficient (Wildman–Crippen LogP) is 2.62. The molecule has 1 aromatic carbocycles. The van der Waals surface area contributed by atoms with Crippen LogP contribution >= 0.6 is 11.6 Å². The second-order valence-corrected chi connectivity index (χ2v) is 7.29. The molecule has 1 saturated heterocycles. The molecule has 1 aromatic heterocycles. The molecule has 1 unspecified atom stereocenters. The summed E-state index contributed by atoms with van der Waals surface area (Å²) in [4.78, 5) is 30.1. The summed E-state index contributed by atoms with van der Waals surface area (Å²) in [6, 6.07) is 7.16. The van der Waals surface area contributed by atoms with Crippen molar-refractivity contribution < 1.29 is 9.59 Å². The maximum atomic E-state index is 13.1. The molecule has 130 valence electrons. The van der Waals surface area contributed by atoms with Gasteiger partial charge in [0.25, 0.3) is 0 Å². The molecule has 1 aliphatic carbocycles. The molecule has 6 nitrogen and oxygen atoms in total. The summed E-state index contributed by atoms with van der Waals surface area (Å²) < 4.78 is 1.54. The summed E-state index contributed by atoms with van der Waals surface area (Å²) in [7, 11) is 1.72. The average Bonchev–Trinajstić information content (AvgIpc) is 3.07. The van der Waals surface area contributed by atoms with E-state index in [1.165, 1.54) is 4.68 Å². The van der Waals surface area contributed by atoms with Crippen LogP contribution in [0.4, 0.5) is 0 Å². The third-order valence-electron chi connectivity index (χ3n) is 5.22. The number of carbonyl (C=O) groups excluding carboxylic acids is 2. The van der Waals surface area contributed by atoms with Crippen molar-refractivity contribution in [2.24, 2.45) is 7.05 Å². The molecule has 2 aliphatic rings. The second-order valence-electron chi connectivity index (χ2n) is 6.85. The van der Waals surface area contributed by atoms with Crippen molar-refractivity contribution in [3.8, 4) is 11.4 Å². The number of benzene rings is 1. The van der Waals surface area contributed by atoms with E-state index in [9.17, 15) is 9.59 Å². The molecule has 1 amide bonds. The minimum atomic E-state index is -0.878. The highest BCUT2D eigenvalue weighted by Crippen LogP contribution is 2.38. The Kier molecular flexibility index (Phi) is 3.87. The van der Waals surface area contributed by atoms with Crippen LogP contribution in [-0.2, 0) is 16.6 Å². The van der Waals surface area contributed by atoms with Gasteiger partial charge in [-0.15, -0.1) is 0 Å². The molecule has 25 heavy (non-hydrogen) atoms. The molecule has 2 aromatic rings. The first-order valence-corrected chi connectivity index (χ1v) is 8.91. The average molecular weight is 359 g/mol. The predicted molar refractivity (Wildman–Crippen MR) is 93.2 cm³/mol. The lowest BCUT2D eigenvalue weighted by molar-refractivity contribution is -0.126. The zero-order valence-corrected chi connectivity index (χ0v) is 14.7. The number of nitrogens with one attached hydrogen (secondary N) is 1. The van der Waals surface area contributed by atoms with Crippen molar-refractivity contribution in [3.63, 3.8) is 0 Å². The van der Waals surface area contributed by atoms with Gasteiger partial charge in [-0.2, -0.15) is 5.10 Å². The first kappa shape index (κ1) is 16.3. The molecule has 1 aliphatic heterocycles. The highest BCUT2D eigenvalue weighted by molar-refractivity contribution is 6.30. The van der Waals surface area contributed by atoms with Gasteiger partial charge in [-0.1, -0.05) is 30.9 Å². The fourth-order valence-corrected chi connectivity index (χ4v) is 4.02. The summed E-state index contributed by atoms with van der Waals surface area (Å²) in [5, 5.41) is 7.98. The van der Waals surface area contributed by atoms with Gasteiger partial charge in [0.2, 0.25) is 5.91 Å². The Morgan fingerprint density at radius 1 is 1.16 bits per heavy atom. The molecule has 0 radical (unpaired) electrons. The van der Waals surface area contributed by atoms with E-state index in [4.69, 9.17) is 11.6 Å². The normalized spacial score (nSPS) is 22.4. The Hall–Kier alpha value is -2.21. The molecule has 1 saturated carbocycles. The van der Waals surface area contributed by atoms with Crippen molar-refractivity contribution in [2.75, 3.05) is 0 Å². The molecule has 1 N–H and O–H groups in total. The molecule has 2 fully saturated rings. The highest BCUT2D eigenvalue weighted by atomic mass is 35.5. The molecule has 1 atom stereocenters. The van der Waals surface area contributed by atoms with Crippen molar-refractivity contribution in [3.05, 3.63) is 35.1 Å². The zero-order valence-electron chi connectivity index (χ0n) is 14.0. The van der Waals surface area contributed by atoms with Gasteiger partial charge in [0.15, 0.2) is 17.5 Å². The van der Waals surface area contributed by atoms with Crippen LogP contribution in [0.25, 0.3) is 11.4 Å². The number of aromatic nitrogens is 3. The largest absolute Gasteiger partial charge is 0.343 e. The SMILES string of the molecule is Cn1nc(-c2ccc(Cl)cc2)nc1C1C(=O)NC2(CCCCC2)C1=O. The minimum absolute atomic E-state index is 0.0599. The Balaban J connectivity index is 1.69. The molecule has 4 rings (SSSR count). The standard InChI is InChI=1S/C18H19ClN4O2/c1-23-16(20-15(22-23)11-5-7-12(19)8-6-11)13-14(24)18(21-17(13)25)9-3-2-4-10-18/h5-8,13H,2-4,9-10H2,1H3,(H,21,25). The number of aryl methyl sites for hydroxylation is 1. The van der Waals surface area contributed by atoms with Crippen LogP contribution in [0.15, 0.2) is 24.3 Å². The van der Waals surface area contributed by atoms with Crippen molar-refractivity contribution in [1.29, 1.82) is 0 Å². The van der Waals surface area contributed by atoms with E-state index in [2.05, 4.69) is 15.4 Å². The van der Waals surface area contributed by atoms with Crippen LogP contribution in [-0.4, -0.2) is 32.0 Å². The van der Waals surface area contributed by atoms with E-state index < -0.39 is 11.5 Å². The number of amides is 1. The fourth-order valence-electron chi connectivity index (χ4n) is 3.90. The zero-order chi connectivity index (χ0) is 17.6. The van der Waals surface area contributed by atoms with Crippen LogP contribution in [0, 0.1) is 0 Å². The van der Waals surface area contributed by atoms with Gasteiger partial charge in [0, 0.05) is 17.6 Å². The van der Waals surface area contributed by atoms with Gasteiger partial charge in [0.1, 0.15) is 5.82 Å². The van der Waals surface area contributed by atoms with Crippen molar-refractivity contribution in [2.45, 2.75) is 43.6 Å². The third-order valence-corrected chi connectivity index (χ3v) is 5.47. The Morgan fingerprint density at radius 3 is 2.52 bits per heavy atom. The van der Waals surface area contributed by atoms with Crippen molar-refractivity contribution in [1.82, 2.24) is 20.1 Å². The molecule has 7 heteroatoms. The summed E-state index contributed by atoms with van der Waals surface area (Å²) in [5.74, 6) is -0.314. The van der Waals surface area contributed by atoms with Gasteiger partial charge in [0.05, 0.1) is 5.54 Å². The number of rotatable bonds is 2. The molecule has 1 spiro atoms. The van der Waals surface area contributed by atoms with Gasteiger partial charge in [-0.25, -0.2) is 4.98 Å². The number of hydrogen-bond donors (Lipinski definition) is 1. The van der Waals surface area contributed by atoms with E-state index in [1.807, 2.05) is 12.1 Å². The highest BCUT2D eigenvalue weighted by Gasteiger charge is 2.54. The Bertz CT molecular complexity index is 837. The summed E-state index contributed by atoms with van der Waals surface area (Å²) in [6.07, 6.45) is 4.48. The van der Waals surface area contributed by atoms with Gasteiger partial charge in [-0.05, 0) is 37.1 Å². The lowest BCUT2D eigenvalue weighted by atomic mass is 9.78. The lowest BCUT2D eigenvalue weighted by Crippen LogP contribution is -2.47. The van der Waals surface area contributed by atoms with Gasteiger partial charge >= 0.3 is 0 Å². The summed E-state index contributed by atoms with van der Waals surface area (Å²) in [5.41, 5.74) is 0.0938. The number of carbonyl (C=O) groups is 2. The maximum Gasteiger partial charge on any atom is 0.239 e. The number of Topliss-reactive ketones (excluding diaryl/α,β-unsaturated/α-hetero) is 1. The number of ketones is 1. The van der Waals surface area contributed by atoms with Gasteiger partial charge in [-0.3, -0.25) is 14.3 Å². The van der Waals surface area contributed by atoms with Crippen LogP contribution in [0.1, 0.15) is 43.8 Å². The quantitative estimate of drug-likeness (QED) is 0.837. The molecular weight excluding hydrogens is 340 g/mol. The lowest BCUT2D eigenvalue weighted by Gasteiger charge is -2.31. The molecule has 2 heterocycles. The smallest absolute Gasteiger partial charge is 0.239 e. The monoisotopic (exact) mass is 358 g/mol. The Morgan fingerprint density at radius 2 is 1.84 bits per heavy atom. The van der Waals surface area contributed by atoms with E-state index >= 15 is 0 Å². The van der Waals surface area contributed by atoms with E-state index in [1.54, 1.807) is 19.2 Å². The summed E-state index contributed by atoms with van der Waals surface area (Å²) >= 11 is 5.92. The maximum absolute atomic E-state index is 13.1. The second kappa shape index (κ2) is 5.95. The first-order chi connectivity index (χ1) is 12.0. The van der Waals surface area contributed by atoms with Crippen LogP contribution < -0.4 is 5.32 Å². The Labute approximate surface area is 150 Å². The molecular formula is C18H19ClN4O2. The third kappa shape index (κ3) is 2.65. The minimum Gasteiger partial charge on any atom is -0.343 e. The number of halogens is 1.